The van der Waals surface area contributed by atoms with Crippen molar-refractivity contribution in [2.24, 2.45) is 5.92 Å². The minimum absolute atomic E-state index is 0.0227. The molecule has 140 valence electrons. The van der Waals surface area contributed by atoms with E-state index in [9.17, 15) is 9.90 Å². The molecule has 2 N–H and O–H groups in total. The average Bonchev–Trinajstić information content (AvgIpc) is 3.42. The minimum Gasteiger partial charge on any atom is -0.508 e. The van der Waals surface area contributed by atoms with Crippen LogP contribution in [0.15, 0.2) is 36.8 Å². The Morgan fingerprint density at radius 1 is 1.25 bits per heavy atom. The van der Waals surface area contributed by atoms with Crippen molar-refractivity contribution < 1.29 is 9.90 Å². The number of aryl methyl sites for hydroxylation is 1. The van der Waals surface area contributed by atoms with Crippen molar-refractivity contribution in [1.29, 1.82) is 0 Å². The lowest BCUT2D eigenvalue weighted by molar-refractivity contribution is -0.117. The zero-order chi connectivity index (χ0) is 19.4. The number of carbonyl (C=O) groups is 1. The van der Waals surface area contributed by atoms with Crippen LogP contribution in [0.5, 0.6) is 5.75 Å². The molecule has 0 unspecified atom stereocenters. The van der Waals surface area contributed by atoms with E-state index in [2.05, 4.69) is 20.5 Å². The maximum atomic E-state index is 12.1. The van der Waals surface area contributed by atoms with E-state index in [0.717, 1.165) is 46.0 Å². The summed E-state index contributed by atoms with van der Waals surface area (Å²) in [5, 5.41) is 22.4. The molecule has 3 aromatic heterocycles. The van der Waals surface area contributed by atoms with E-state index in [0.29, 0.717) is 11.5 Å². The van der Waals surface area contributed by atoms with Gasteiger partial charge in [-0.15, -0.1) is 10.2 Å². The average molecular weight is 373 g/mol. The fraction of sp³-hybridized carbons (Fsp3) is 0.238. The number of hydrogen-bond acceptors (Lipinski definition) is 5. The largest absolute Gasteiger partial charge is 0.508 e. The van der Waals surface area contributed by atoms with E-state index in [1.54, 1.807) is 18.6 Å². The van der Waals surface area contributed by atoms with Crippen LogP contribution in [0.4, 0.5) is 5.82 Å². The number of fused-ring (bicyclic) bond motifs is 3. The number of phenolic OH excluding ortho intramolecular Hbond substituents is 1. The molecule has 4 aromatic rings. The van der Waals surface area contributed by atoms with Gasteiger partial charge in [0.05, 0.1) is 5.52 Å². The molecular formula is C21H19N5O2. The monoisotopic (exact) mass is 373 g/mol. The molecule has 1 fully saturated rings. The van der Waals surface area contributed by atoms with E-state index in [1.165, 1.54) is 0 Å². The first-order chi connectivity index (χ1) is 13.5. The lowest BCUT2D eigenvalue weighted by atomic mass is 9.95. The first-order valence-electron chi connectivity index (χ1n) is 9.26. The molecule has 0 aliphatic heterocycles. The number of nitrogens with one attached hydrogen (secondary N) is 1. The Labute approximate surface area is 161 Å². The van der Waals surface area contributed by atoms with E-state index in [4.69, 9.17) is 0 Å². The molecule has 1 saturated carbocycles. The Morgan fingerprint density at radius 2 is 2.07 bits per heavy atom. The number of amides is 1. The van der Waals surface area contributed by atoms with Gasteiger partial charge in [0.15, 0.2) is 5.65 Å². The zero-order valence-corrected chi connectivity index (χ0v) is 15.6. The second kappa shape index (κ2) is 6.02. The van der Waals surface area contributed by atoms with E-state index >= 15 is 0 Å². The Kier molecular flexibility index (Phi) is 3.58. The van der Waals surface area contributed by atoms with Gasteiger partial charge in [-0.3, -0.25) is 9.20 Å². The van der Waals surface area contributed by atoms with Crippen molar-refractivity contribution in [3.8, 4) is 16.9 Å². The molecule has 28 heavy (non-hydrogen) atoms. The molecule has 7 nitrogen and oxygen atoms in total. The molecule has 1 amide bonds. The predicted octanol–water partition coefficient (Wildman–Crippen LogP) is 3.62. The zero-order valence-electron chi connectivity index (χ0n) is 15.6. The highest BCUT2D eigenvalue weighted by Gasteiger charge is 2.29. The number of anilines is 1. The predicted molar refractivity (Wildman–Crippen MR) is 106 cm³/mol. The van der Waals surface area contributed by atoms with Crippen LogP contribution in [0.2, 0.25) is 0 Å². The summed E-state index contributed by atoms with van der Waals surface area (Å²) in [7, 11) is 0. The van der Waals surface area contributed by atoms with Crippen LogP contribution < -0.4 is 5.32 Å². The van der Waals surface area contributed by atoms with Crippen LogP contribution in [-0.4, -0.2) is 30.6 Å². The molecular weight excluding hydrogens is 354 g/mol. The maximum Gasteiger partial charge on any atom is 0.228 e. The van der Waals surface area contributed by atoms with Gasteiger partial charge in [-0.2, -0.15) is 0 Å². The minimum atomic E-state index is 0.0227. The number of carbonyl (C=O) groups excluding carboxylic acids is 1. The van der Waals surface area contributed by atoms with Crippen LogP contribution >= 0.6 is 0 Å². The summed E-state index contributed by atoms with van der Waals surface area (Å²) >= 11 is 0. The Bertz CT molecular complexity index is 1260. The number of aromatic hydroxyl groups is 1. The van der Waals surface area contributed by atoms with E-state index in [-0.39, 0.29) is 17.6 Å². The standard InChI is InChI=1S/C21H19N5O2/c1-11-3-6-17(27)12(2)19(11)15-7-14-9-22-18(24-21(28)13-4-5-13)8-16(14)26-10-23-25-20(15)26/h3,6-10,13,27H,4-5H2,1-2H3,(H,22,24,28). The quantitative estimate of drug-likeness (QED) is 0.572. The van der Waals surface area contributed by atoms with Crippen LogP contribution in [0.25, 0.3) is 27.7 Å². The Balaban J connectivity index is 1.71. The number of nitrogens with zero attached hydrogens (tertiary/aromatic N) is 4. The van der Waals surface area contributed by atoms with E-state index in [1.807, 2.05) is 36.4 Å². The number of aromatic nitrogens is 4. The summed E-state index contributed by atoms with van der Waals surface area (Å²) in [5.41, 5.74) is 5.21. The third kappa shape index (κ3) is 2.58. The van der Waals surface area contributed by atoms with Gasteiger partial charge < -0.3 is 10.4 Å². The number of rotatable bonds is 3. The lowest BCUT2D eigenvalue weighted by Crippen LogP contribution is -2.14. The first kappa shape index (κ1) is 16.7. The maximum absolute atomic E-state index is 12.1. The molecule has 3 heterocycles. The summed E-state index contributed by atoms with van der Waals surface area (Å²) in [5.74, 6) is 0.910. The highest BCUT2D eigenvalue weighted by atomic mass is 16.3. The fourth-order valence-corrected chi connectivity index (χ4v) is 3.67. The molecule has 1 aliphatic rings. The van der Waals surface area contributed by atoms with Crippen molar-refractivity contribution >= 4 is 28.3 Å². The van der Waals surface area contributed by atoms with Gasteiger partial charge in [-0.25, -0.2) is 4.98 Å². The summed E-state index contributed by atoms with van der Waals surface area (Å²) in [6.45, 7) is 3.90. The van der Waals surface area contributed by atoms with Crippen molar-refractivity contribution in [3.05, 3.63) is 47.9 Å². The molecule has 0 bridgehead atoms. The first-order valence-corrected chi connectivity index (χ1v) is 9.26. The smallest absolute Gasteiger partial charge is 0.228 e. The molecule has 0 spiro atoms. The number of pyridine rings is 2. The number of phenols is 1. The lowest BCUT2D eigenvalue weighted by Gasteiger charge is -2.14. The molecule has 0 atom stereocenters. The topological polar surface area (TPSA) is 92.4 Å². The fourth-order valence-electron chi connectivity index (χ4n) is 3.67. The van der Waals surface area contributed by atoms with Crippen LogP contribution in [0.1, 0.15) is 24.0 Å². The number of benzene rings is 1. The molecule has 1 aromatic carbocycles. The normalized spacial score (nSPS) is 13.9. The van der Waals surface area contributed by atoms with Crippen molar-refractivity contribution in [1.82, 2.24) is 19.6 Å². The second-order valence-electron chi connectivity index (χ2n) is 7.38. The molecule has 1 aliphatic carbocycles. The van der Waals surface area contributed by atoms with Gasteiger partial charge in [0.1, 0.15) is 17.9 Å². The molecule has 0 saturated heterocycles. The van der Waals surface area contributed by atoms with Gasteiger partial charge in [0, 0.05) is 29.1 Å². The van der Waals surface area contributed by atoms with Crippen molar-refractivity contribution in [2.75, 3.05) is 5.32 Å². The Hall–Kier alpha value is -3.48. The van der Waals surface area contributed by atoms with Gasteiger partial charge >= 0.3 is 0 Å². The molecule has 5 rings (SSSR count). The van der Waals surface area contributed by atoms with Crippen LogP contribution in [-0.2, 0) is 4.79 Å². The third-order valence-electron chi connectivity index (χ3n) is 5.37. The summed E-state index contributed by atoms with van der Waals surface area (Å²) in [4.78, 5) is 16.5. The van der Waals surface area contributed by atoms with Gasteiger partial charge in [-0.05, 0) is 55.5 Å². The van der Waals surface area contributed by atoms with Gasteiger partial charge in [-0.1, -0.05) is 6.07 Å². The number of hydrogen-bond donors (Lipinski definition) is 2. The highest BCUT2D eigenvalue weighted by molar-refractivity contribution is 5.97. The summed E-state index contributed by atoms with van der Waals surface area (Å²) in [6.07, 6.45) is 5.29. The van der Waals surface area contributed by atoms with Crippen molar-refractivity contribution in [3.63, 3.8) is 0 Å². The Morgan fingerprint density at radius 3 is 2.86 bits per heavy atom. The van der Waals surface area contributed by atoms with Crippen LogP contribution in [0, 0.1) is 19.8 Å². The summed E-state index contributed by atoms with van der Waals surface area (Å²) < 4.78 is 1.89. The van der Waals surface area contributed by atoms with Gasteiger partial charge in [0.2, 0.25) is 5.91 Å². The highest BCUT2D eigenvalue weighted by Crippen LogP contribution is 2.36. The van der Waals surface area contributed by atoms with Gasteiger partial charge in [0.25, 0.3) is 0 Å². The second-order valence-corrected chi connectivity index (χ2v) is 7.38. The van der Waals surface area contributed by atoms with E-state index < -0.39 is 0 Å². The molecule has 0 radical (unpaired) electrons. The molecule has 7 heteroatoms. The van der Waals surface area contributed by atoms with Crippen LogP contribution in [0.3, 0.4) is 0 Å². The van der Waals surface area contributed by atoms with Crippen molar-refractivity contribution in [2.45, 2.75) is 26.7 Å². The third-order valence-corrected chi connectivity index (χ3v) is 5.37. The summed E-state index contributed by atoms with van der Waals surface area (Å²) in [6, 6.07) is 7.45. The SMILES string of the molecule is Cc1ccc(O)c(C)c1-c1cc2cnc(NC(=O)C3CC3)cc2n2cnnc12.